The quantitative estimate of drug-likeness (QED) is 0.878. The van der Waals surface area contributed by atoms with Crippen LogP contribution in [0.1, 0.15) is 30.0 Å². The van der Waals surface area contributed by atoms with Crippen LogP contribution in [0.3, 0.4) is 0 Å². The van der Waals surface area contributed by atoms with Crippen molar-refractivity contribution in [3.63, 3.8) is 0 Å². The number of rotatable bonds is 3. The van der Waals surface area contributed by atoms with Crippen LogP contribution in [0.15, 0.2) is 12.1 Å². The van der Waals surface area contributed by atoms with E-state index < -0.39 is 0 Å². The highest BCUT2D eigenvalue weighted by molar-refractivity contribution is 5.43. The van der Waals surface area contributed by atoms with Crippen molar-refractivity contribution >= 4 is 0 Å². The standard InChI is InChI=1S/C15H21FN2O/c1-10-2-5-12(16)13(15(10)19)14(11-3-4-11)18-8-6-17-7-9-18/h2,5,11,14,17,19H,3-4,6-9H2,1H3/t14-/m1/s1. The van der Waals surface area contributed by atoms with Crippen molar-refractivity contribution < 1.29 is 9.50 Å². The maximum Gasteiger partial charge on any atom is 0.131 e. The van der Waals surface area contributed by atoms with Gasteiger partial charge in [-0.3, -0.25) is 4.90 Å². The average Bonchev–Trinajstić information content (AvgIpc) is 3.24. The second-order valence-electron chi connectivity index (χ2n) is 5.69. The summed E-state index contributed by atoms with van der Waals surface area (Å²) in [5.74, 6) is 0.384. The number of nitrogens with zero attached hydrogens (tertiary/aromatic N) is 1. The number of phenols is 1. The smallest absolute Gasteiger partial charge is 0.131 e. The third-order valence-corrected chi connectivity index (χ3v) is 4.27. The van der Waals surface area contributed by atoms with Crippen molar-refractivity contribution in [2.45, 2.75) is 25.8 Å². The van der Waals surface area contributed by atoms with Gasteiger partial charge in [-0.25, -0.2) is 4.39 Å². The third kappa shape index (κ3) is 2.47. The summed E-state index contributed by atoms with van der Waals surface area (Å²) >= 11 is 0. The maximum atomic E-state index is 14.2. The number of aromatic hydroxyl groups is 1. The number of nitrogens with one attached hydrogen (secondary N) is 1. The van der Waals surface area contributed by atoms with Crippen molar-refractivity contribution in [2.24, 2.45) is 5.92 Å². The van der Waals surface area contributed by atoms with Gasteiger partial charge in [0.1, 0.15) is 11.6 Å². The van der Waals surface area contributed by atoms with Crippen LogP contribution in [0.5, 0.6) is 5.75 Å². The van der Waals surface area contributed by atoms with E-state index in [2.05, 4.69) is 10.2 Å². The second-order valence-corrected chi connectivity index (χ2v) is 5.69. The molecule has 0 amide bonds. The molecule has 1 atom stereocenters. The van der Waals surface area contributed by atoms with E-state index in [1.165, 1.54) is 6.07 Å². The zero-order valence-electron chi connectivity index (χ0n) is 11.3. The van der Waals surface area contributed by atoms with Gasteiger partial charge in [-0.2, -0.15) is 0 Å². The van der Waals surface area contributed by atoms with Crippen molar-refractivity contribution in [2.75, 3.05) is 26.2 Å². The summed E-state index contributed by atoms with van der Waals surface area (Å²) in [7, 11) is 0. The summed E-state index contributed by atoms with van der Waals surface area (Å²) in [6, 6.07) is 3.18. The molecule has 1 saturated heterocycles. The van der Waals surface area contributed by atoms with Crippen LogP contribution in [0.25, 0.3) is 0 Å². The van der Waals surface area contributed by atoms with Crippen molar-refractivity contribution in [1.82, 2.24) is 10.2 Å². The molecule has 2 aliphatic rings. The Morgan fingerprint density at radius 1 is 1.32 bits per heavy atom. The Morgan fingerprint density at radius 3 is 2.63 bits per heavy atom. The molecule has 19 heavy (non-hydrogen) atoms. The van der Waals surface area contributed by atoms with Gasteiger partial charge < -0.3 is 10.4 Å². The molecule has 2 fully saturated rings. The predicted octanol–water partition coefficient (Wildman–Crippen LogP) is 2.20. The molecule has 3 rings (SSSR count). The fraction of sp³-hybridized carbons (Fsp3) is 0.600. The number of hydrogen-bond donors (Lipinski definition) is 2. The van der Waals surface area contributed by atoms with Gasteiger partial charge in [0.15, 0.2) is 0 Å². The molecule has 1 aromatic carbocycles. The summed E-state index contributed by atoms with van der Waals surface area (Å²) < 4.78 is 14.2. The Kier molecular flexibility index (Phi) is 3.46. The van der Waals surface area contributed by atoms with Crippen LogP contribution in [-0.2, 0) is 0 Å². The molecule has 0 aromatic heterocycles. The summed E-state index contributed by atoms with van der Waals surface area (Å²) in [6.45, 7) is 5.57. The molecular weight excluding hydrogens is 243 g/mol. The Balaban J connectivity index is 1.97. The van der Waals surface area contributed by atoms with E-state index in [-0.39, 0.29) is 17.6 Å². The first-order chi connectivity index (χ1) is 9.18. The highest BCUT2D eigenvalue weighted by Crippen LogP contribution is 2.48. The van der Waals surface area contributed by atoms with E-state index in [9.17, 15) is 9.50 Å². The van der Waals surface area contributed by atoms with Gasteiger partial charge in [0.25, 0.3) is 0 Å². The van der Waals surface area contributed by atoms with Crippen LogP contribution < -0.4 is 5.32 Å². The first-order valence-electron chi connectivity index (χ1n) is 7.11. The van der Waals surface area contributed by atoms with E-state index in [1.54, 1.807) is 6.07 Å². The van der Waals surface area contributed by atoms with Gasteiger partial charge in [-0.05, 0) is 37.3 Å². The fourth-order valence-corrected chi connectivity index (χ4v) is 3.06. The van der Waals surface area contributed by atoms with Gasteiger partial charge >= 0.3 is 0 Å². The molecule has 1 heterocycles. The Morgan fingerprint density at radius 2 is 2.00 bits per heavy atom. The Bertz CT molecular complexity index is 467. The summed E-state index contributed by atoms with van der Waals surface area (Å²) in [4.78, 5) is 2.33. The van der Waals surface area contributed by atoms with Crippen LogP contribution in [0, 0.1) is 18.7 Å². The third-order valence-electron chi connectivity index (χ3n) is 4.27. The molecule has 4 heteroatoms. The van der Waals surface area contributed by atoms with Gasteiger partial charge in [-0.15, -0.1) is 0 Å². The second kappa shape index (κ2) is 5.10. The number of halogens is 1. The number of benzene rings is 1. The van der Waals surface area contributed by atoms with E-state index in [0.29, 0.717) is 11.5 Å². The number of phenolic OH excluding ortho intramolecular Hbond substituents is 1. The topological polar surface area (TPSA) is 35.5 Å². The number of aryl methyl sites for hydroxylation is 1. The molecule has 1 aliphatic carbocycles. The first kappa shape index (κ1) is 12.9. The molecule has 1 saturated carbocycles. The SMILES string of the molecule is Cc1ccc(F)c([C@@H](C2CC2)N2CCNCC2)c1O. The van der Waals surface area contributed by atoms with E-state index in [4.69, 9.17) is 0 Å². The summed E-state index contributed by atoms with van der Waals surface area (Å²) in [5.41, 5.74) is 1.28. The Hall–Kier alpha value is -1.13. The van der Waals surface area contributed by atoms with Crippen molar-refractivity contribution in [1.29, 1.82) is 0 Å². The van der Waals surface area contributed by atoms with Gasteiger partial charge in [0.2, 0.25) is 0 Å². The highest BCUT2D eigenvalue weighted by Gasteiger charge is 2.39. The monoisotopic (exact) mass is 264 g/mol. The lowest BCUT2D eigenvalue weighted by Crippen LogP contribution is -2.45. The van der Waals surface area contributed by atoms with Crippen molar-refractivity contribution in [3.05, 3.63) is 29.1 Å². The fourth-order valence-electron chi connectivity index (χ4n) is 3.06. The van der Waals surface area contributed by atoms with Crippen LogP contribution in [0.2, 0.25) is 0 Å². The molecule has 0 bridgehead atoms. The lowest BCUT2D eigenvalue weighted by atomic mass is 9.96. The van der Waals surface area contributed by atoms with Gasteiger partial charge in [0, 0.05) is 37.8 Å². The molecule has 0 radical (unpaired) electrons. The van der Waals surface area contributed by atoms with Crippen LogP contribution >= 0.6 is 0 Å². The minimum atomic E-state index is -0.265. The minimum Gasteiger partial charge on any atom is -0.507 e. The first-order valence-corrected chi connectivity index (χ1v) is 7.11. The number of piperazine rings is 1. The van der Waals surface area contributed by atoms with Crippen molar-refractivity contribution in [3.8, 4) is 5.75 Å². The molecular formula is C15H21FN2O. The largest absolute Gasteiger partial charge is 0.507 e. The molecule has 1 aromatic rings. The van der Waals surface area contributed by atoms with Crippen LogP contribution in [0.4, 0.5) is 4.39 Å². The molecule has 104 valence electrons. The molecule has 0 unspecified atom stereocenters. The van der Waals surface area contributed by atoms with E-state index >= 15 is 0 Å². The molecule has 2 N–H and O–H groups in total. The minimum absolute atomic E-state index is 0.0435. The highest BCUT2D eigenvalue weighted by atomic mass is 19.1. The lowest BCUT2D eigenvalue weighted by molar-refractivity contribution is 0.150. The van der Waals surface area contributed by atoms with Gasteiger partial charge in [-0.1, -0.05) is 6.07 Å². The number of hydrogen-bond acceptors (Lipinski definition) is 3. The van der Waals surface area contributed by atoms with E-state index in [0.717, 1.165) is 44.6 Å². The summed E-state index contributed by atoms with van der Waals surface area (Å²) in [5, 5.41) is 13.6. The molecule has 3 nitrogen and oxygen atoms in total. The zero-order chi connectivity index (χ0) is 13.4. The normalized spacial score (nSPS) is 22.4. The molecule has 1 aliphatic heterocycles. The van der Waals surface area contributed by atoms with Crippen LogP contribution in [-0.4, -0.2) is 36.2 Å². The predicted molar refractivity (Wildman–Crippen MR) is 72.7 cm³/mol. The average molecular weight is 264 g/mol. The zero-order valence-corrected chi connectivity index (χ0v) is 11.3. The lowest BCUT2D eigenvalue weighted by Gasteiger charge is -2.36. The summed E-state index contributed by atoms with van der Waals surface area (Å²) in [6.07, 6.45) is 2.28. The molecule has 0 spiro atoms. The van der Waals surface area contributed by atoms with E-state index in [1.807, 2.05) is 6.92 Å². The maximum absolute atomic E-state index is 14.2. The van der Waals surface area contributed by atoms with Gasteiger partial charge in [0.05, 0.1) is 0 Å². The Labute approximate surface area is 113 Å².